The van der Waals surface area contributed by atoms with Gasteiger partial charge in [-0.2, -0.15) is 0 Å². The van der Waals surface area contributed by atoms with Gasteiger partial charge in [0.25, 0.3) is 0 Å². The van der Waals surface area contributed by atoms with Crippen LogP contribution in [0.4, 0.5) is 5.82 Å². The topological polar surface area (TPSA) is 92.4 Å². The fourth-order valence-corrected chi connectivity index (χ4v) is 4.94. The van der Waals surface area contributed by atoms with Crippen molar-refractivity contribution in [2.75, 3.05) is 18.8 Å². The first-order valence-electron chi connectivity index (χ1n) is 10.5. The number of nitrogens with zero attached hydrogens (tertiary/aromatic N) is 4. The molecule has 3 heterocycles. The second-order valence-electron chi connectivity index (χ2n) is 7.74. The highest BCUT2D eigenvalue weighted by Gasteiger charge is 2.37. The van der Waals surface area contributed by atoms with Gasteiger partial charge in [0.1, 0.15) is 12.1 Å². The first-order valence-corrected chi connectivity index (χ1v) is 11.7. The first kappa shape index (κ1) is 22.2. The highest BCUT2D eigenvalue weighted by molar-refractivity contribution is 7.16. The number of piperazine rings is 1. The number of amides is 2. The van der Waals surface area contributed by atoms with Crippen molar-refractivity contribution in [3.63, 3.8) is 0 Å². The number of halogens is 1. The van der Waals surface area contributed by atoms with Crippen LogP contribution in [0.2, 0.25) is 4.34 Å². The zero-order chi connectivity index (χ0) is 22.7. The summed E-state index contributed by atoms with van der Waals surface area (Å²) in [6.07, 6.45) is 7.03. The normalized spacial score (nSPS) is 17.1. The molecule has 1 aliphatic rings. The molecule has 32 heavy (non-hydrogen) atoms. The SMILES string of the molecule is CCCC1CN(Cc2ccc3c(N)ncnc3c2)C(=O)C(=O)N1CC=Cc1ccc(Cl)s1. The first-order chi connectivity index (χ1) is 15.5. The summed E-state index contributed by atoms with van der Waals surface area (Å²) in [6, 6.07) is 9.39. The lowest BCUT2D eigenvalue weighted by Gasteiger charge is -2.40. The molecule has 1 saturated heterocycles. The van der Waals surface area contributed by atoms with E-state index in [1.807, 2.05) is 42.5 Å². The molecular weight excluding hydrogens is 446 g/mol. The number of benzene rings is 1. The van der Waals surface area contributed by atoms with Gasteiger partial charge < -0.3 is 15.5 Å². The van der Waals surface area contributed by atoms with Gasteiger partial charge in [-0.25, -0.2) is 9.97 Å². The molecule has 0 bridgehead atoms. The average Bonchev–Trinajstić information content (AvgIpc) is 3.19. The molecule has 2 aromatic heterocycles. The van der Waals surface area contributed by atoms with Crippen LogP contribution in [0.3, 0.4) is 0 Å². The van der Waals surface area contributed by atoms with Gasteiger partial charge >= 0.3 is 11.8 Å². The molecule has 0 saturated carbocycles. The van der Waals surface area contributed by atoms with E-state index < -0.39 is 11.8 Å². The number of rotatable bonds is 7. The smallest absolute Gasteiger partial charge is 0.312 e. The van der Waals surface area contributed by atoms with Crippen molar-refractivity contribution < 1.29 is 9.59 Å². The predicted octanol–water partition coefficient (Wildman–Crippen LogP) is 3.98. The summed E-state index contributed by atoms with van der Waals surface area (Å²) in [7, 11) is 0. The van der Waals surface area contributed by atoms with Crippen molar-refractivity contribution in [3.05, 3.63) is 57.5 Å². The average molecular weight is 470 g/mol. The Hall–Kier alpha value is -2.97. The number of hydrogen-bond acceptors (Lipinski definition) is 6. The van der Waals surface area contributed by atoms with Crippen LogP contribution in [0.25, 0.3) is 17.0 Å². The zero-order valence-electron chi connectivity index (χ0n) is 17.7. The number of anilines is 1. The lowest BCUT2D eigenvalue weighted by Crippen LogP contribution is -2.59. The quantitative estimate of drug-likeness (QED) is 0.528. The Labute approximate surface area is 195 Å². The van der Waals surface area contributed by atoms with Crippen molar-refractivity contribution in [2.24, 2.45) is 0 Å². The molecule has 2 amide bonds. The van der Waals surface area contributed by atoms with Crippen LogP contribution >= 0.6 is 22.9 Å². The maximum absolute atomic E-state index is 13.0. The minimum Gasteiger partial charge on any atom is -0.383 e. The van der Waals surface area contributed by atoms with Crippen LogP contribution in [-0.2, 0) is 16.1 Å². The van der Waals surface area contributed by atoms with E-state index in [0.717, 1.165) is 38.5 Å². The molecule has 0 spiro atoms. The summed E-state index contributed by atoms with van der Waals surface area (Å²) >= 11 is 7.45. The summed E-state index contributed by atoms with van der Waals surface area (Å²) in [5.74, 6) is -0.523. The fraction of sp³-hybridized carbons (Fsp3) is 0.304. The van der Waals surface area contributed by atoms with Crippen LogP contribution in [0.1, 0.15) is 30.2 Å². The molecule has 0 aliphatic carbocycles. The summed E-state index contributed by atoms with van der Waals surface area (Å²) < 4.78 is 0.719. The zero-order valence-corrected chi connectivity index (χ0v) is 19.3. The van der Waals surface area contributed by atoms with Gasteiger partial charge in [-0.15, -0.1) is 11.3 Å². The second-order valence-corrected chi connectivity index (χ2v) is 9.49. The van der Waals surface area contributed by atoms with E-state index in [1.54, 1.807) is 9.80 Å². The minimum atomic E-state index is -0.479. The molecule has 1 aliphatic heterocycles. The van der Waals surface area contributed by atoms with Gasteiger partial charge in [0.15, 0.2) is 0 Å². The third-order valence-electron chi connectivity index (χ3n) is 5.51. The van der Waals surface area contributed by atoms with Crippen LogP contribution in [-0.4, -0.2) is 50.7 Å². The predicted molar refractivity (Wildman–Crippen MR) is 128 cm³/mol. The van der Waals surface area contributed by atoms with Crippen LogP contribution in [0, 0.1) is 0 Å². The maximum Gasteiger partial charge on any atom is 0.312 e. The van der Waals surface area contributed by atoms with E-state index >= 15 is 0 Å². The van der Waals surface area contributed by atoms with E-state index in [1.165, 1.54) is 17.7 Å². The summed E-state index contributed by atoms with van der Waals surface area (Å²) in [5, 5.41) is 0.770. The molecule has 1 unspecified atom stereocenters. The monoisotopic (exact) mass is 469 g/mol. The highest BCUT2D eigenvalue weighted by Crippen LogP contribution is 2.24. The Bertz CT molecular complexity index is 1180. The Kier molecular flexibility index (Phi) is 6.72. The Morgan fingerprint density at radius 2 is 2.06 bits per heavy atom. The summed E-state index contributed by atoms with van der Waals surface area (Å²) in [4.78, 5) is 38.4. The van der Waals surface area contributed by atoms with Crippen molar-refractivity contribution in [1.29, 1.82) is 0 Å². The molecule has 1 atom stereocenters. The van der Waals surface area contributed by atoms with E-state index in [2.05, 4.69) is 16.9 Å². The number of carbonyl (C=O) groups excluding carboxylic acids is 2. The number of nitrogen functional groups attached to an aromatic ring is 1. The van der Waals surface area contributed by atoms with E-state index in [-0.39, 0.29) is 6.04 Å². The Balaban J connectivity index is 1.49. The largest absolute Gasteiger partial charge is 0.383 e. The molecule has 2 N–H and O–H groups in total. The molecule has 3 aromatic rings. The van der Waals surface area contributed by atoms with Gasteiger partial charge in [0.05, 0.1) is 15.9 Å². The molecule has 4 rings (SSSR count). The van der Waals surface area contributed by atoms with Crippen molar-refractivity contribution in [1.82, 2.24) is 19.8 Å². The number of fused-ring (bicyclic) bond motifs is 1. The van der Waals surface area contributed by atoms with Crippen LogP contribution < -0.4 is 5.73 Å². The molecule has 1 fully saturated rings. The molecule has 0 radical (unpaired) electrons. The maximum atomic E-state index is 13.0. The number of carbonyl (C=O) groups is 2. The summed E-state index contributed by atoms with van der Waals surface area (Å²) in [6.45, 7) is 3.33. The molecule has 7 nitrogen and oxygen atoms in total. The lowest BCUT2D eigenvalue weighted by atomic mass is 10.0. The van der Waals surface area contributed by atoms with Gasteiger partial charge in [-0.3, -0.25) is 9.59 Å². The summed E-state index contributed by atoms with van der Waals surface area (Å²) in [5.41, 5.74) is 7.52. The number of nitrogens with two attached hydrogens (primary N) is 1. The second kappa shape index (κ2) is 9.67. The van der Waals surface area contributed by atoms with Gasteiger partial charge in [0.2, 0.25) is 0 Å². The third kappa shape index (κ3) is 4.76. The standard InChI is InChI=1S/C23H24ClN5O2S/c1-2-4-16-13-28(12-15-6-8-18-19(11-15)26-14-27-21(18)25)22(30)23(31)29(16)10-3-5-17-7-9-20(24)32-17/h3,5-9,11,14,16H,2,4,10,12-13H2,1H3,(H2,25,26,27). The molecule has 9 heteroatoms. The highest BCUT2D eigenvalue weighted by atomic mass is 35.5. The minimum absolute atomic E-state index is 0.0276. The van der Waals surface area contributed by atoms with Crippen molar-refractivity contribution in [3.8, 4) is 0 Å². The Morgan fingerprint density at radius 1 is 1.22 bits per heavy atom. The number of aromatic nitrogens is 2. The van der Waals surface area contributed by atoms with E-state index in [0.29, 0.717) is 25.5 Å². The van der Waals surface area contributed by atoms with Crippen molar-refractivity contribution in [2.45, 2.75) is 32.4 Å². The molecule has 1 aromatic carbocycles. The van der Waals surface area contributed by atoms with E-state index in [9.17, 15) is 9.59 Å². The number of hydrogen-bond donors (Lipinski definition) is 1. The number of thiophene rings is 1. The van der Waals surface area contributed by atoms with Crippen LogP contribution in [0.5, 0.6) is 0 Å². The fourth-order valence-electron chi connectivity index (χ4n) is 3.95. The molecule has 166 valence electrons. The Morgan fingerprint density at radius 3 is 2.81 bits per heavy atom. The van der Waals surface area contributed by atoms with Crippen LogP contribution in [0.15, 0.2) is 42.7 Å². The van der Waals surface area contributed by atoms with Gasteiger partial charge in [-0.05, 0) is 42.3 Å². The molecular formula is C23H24ClN5O2S. The van der Waals surface area contributed by atoms with Gasteiger partial charge in [-0.1, -0.05) is 37.1 Å². The van der Waals surface area contributed by atoms with Gasteiger partial charge in [0, 0.05) is 29.9 Å². The van der Waals surface area contributed by atoms with E-state index in [4.69, 9.17) is 17.3 Å². The third-order valence-corrected chi connectivity index (χ3v) is 6.70. The van der Waals surface area contributed by atoms with Crippen molar-refractivity contribution >= 4 is 57.5 Å². The lowest BCUT2D eigenvalue weighted by molar-refractivity contribution is -0.159.